The van der Waals surface area contributed by atoms with Crippen LogP contribution in [0.3, 0.4) is 0 Å². The minimum absolute atomic E-state index is 0. The van der Waals surface area contributed by atoms with Crippen LogP contribution >= 0.6 is 12.4 Å². The van der Waals surface area contributed by atoms with Crippen LogP contribution in [0.5, 0.6) is 0 Å². The second kappa shape index (κ2) is 8.82. The summed E-state index contributed by atoms with van der Waals surface area (Å²) in [7, 11) is 0. The summed E-state index contributed by atoms with van der Waals surface area (Å²) < 4.78 is 0. The van der Waals surface area contributed by atoms with E-state index < -0.39 is 0 Å². The molecule has 0 aromatic rings. The van der Waals surface area contributed by atoms with E-state index in [9.17, 15) is 0 Å². The molecule has 0 aliphatic rings. The molecule has 0 aliphatic carbocycles. The molecule has 0 fully saturated rings. The fraction of sp³-hybridized carbons (Fsp3) is 0. The third kappa shape index (κ3) is 97.0. The molecule has 0 spiro atoms. The van der Waals surface area contributed by atoms with Crippen molar-refractivity contribution in [1.29, 1.82) is 5.41 Å². The third-order valence-electron chi connectivity index (χ3n) is 0. The van der Waals surface area contributed by atoms with Crippen LogP contribution in [-0.2, 0) is 0 Å². The molecule has 0 aromatic heterocycles. The fourth-order valence-corrected chi connectivity index (χ4v) is 0. The van der Waals surface area contributed by atoms with E-state index in [1.807, 2.05) is 0 Å². The molecule has 0 radical (unpaired) electrons. The smallest absolute Gasteiger partial charge is 0.183 e. The molecule has 7 N–H and O–H groups in total. The van der Waals surface area contributed by atoms with E-state index in [4.69, 9.17) is 5.41 Å². The largest absolute Gasteiger partial charge is 0.412 e. The van der Waals surface area contributed by atoms with Gasteiger partial charge in [0.15, 0.2) is 5.96 Å². The van der Waals surface area contributed by atoms with Crippen LogP contribution in [0, 0.1) is 5.41 Å². The van der Waals surface area contributed by atoms with Crippen LogP contribution in [0.25, 0.3) is 0 Å². The first-order chi connectivity index (χ1) is 1.73. The molecule has 0 amide bonds. The van der Waals surface area contributed by atoms with Crippen LogP contribution in [0.2, 0.25) is 0 Å². The van der Waals surface area contributed by atoms with E-state index in [0.717, 1.165) is 0 Å². The lowest BCUT2D eigenvalue weighted by Gasteiger charge is -1.69. The van der Waals surface area contributed by atoms with Crippen molar-refractivity contribution >= 4 is 18.4 Å². The van der Waals surface area contributed by atoms with Crippen molar-refractivity contribution in [3.8, 4) is 0 Å². The summed E-state index contributed by atoms with van der Waals surface area (Å²) in [5.41, 5.74) is 8.94. The highest BCUT2D eigenvalue weighted by Gasteiger charge is 1.52. The predicted octanol–water partition coefficient (Wildman–Crippen LogP) is -1.56. The van der Waals surface area contributed by atoms with Gasteiger partial charge in [-0.2, -0.15) is 0 Å². The van der Waals surface area contributed by atoms with Gasteiger partial charge in [-0.1, -0.05) is 0 Å². The molecule has 0 heterocycles. The van der Waals surface area contributed by atoms with Gasteiger partial charge in [0.2, 0.25) is 0 Å². The first-order valence-corrected chi connectivity index (χ1v) is 0.827. The number of halogens is 1. The zero-order valence-corrected chi connectivity index (χ0v) is 3.88. The number of nitrogens with two attached hydrogens (primary N) is 2. The Labute approximate surface area is 41.7 Å². The summed E-state index contributed by atoms with van der Waals surface area (Å²) >= 11 is 0. The van der Waals surface area contributed by atoms with E-state index in [1.165, 1.54) is 0 Å². The number of nitrogens with one attached hydrogen (secondary N) is 1. The lowest BCUT2D eigenvalue weighted by Crippen LogP contribution is -2.20. The SMILES string of the molecule is Cl.N=C(N)N.O. The van der Waals surface area contributed by atoms with Crippen molar-refractivity contribution in [3.05, 3.63) is 0 Å². The summed E-state index contributed by atoms with van der Waals surface area (Å²) in [5, 5.41) is 6.06. The molecule has 5 heteroatoms. The molecule has 0 bridgehead atoms. The van der Waals surface area contributed by atoms with E-state index in [-0.39, 0.29) is 23.8 Å². The predicted molar refractivity (Wildman–Crippen MR) is 27.0 cm³/mol. The Bertz CT molecular complexity index is 33.8. The van der Waals surface area contributed by atoms with Crippen molar-refractivity contribution in [2.24, 2.45) is 11.5 Å². The van der Waals surface area contributed by atoms with Gasteiger partial charge in [-0.05, 0) is 0 Å². The van der Waals surface area contributed by atoms with Gasteiger partial charge in [-0.25, -0.2) is 0 Å². The molecule has 0 atom stereocenters. The zero-order valence-electron chi connectivity index (χ0n) is 3.06. The molecule has 0 unspecified atom stereocenters. The van der Waals surface area contributed by atoms with Crippen LogP contribution in [0.15, 0.2) is 0 Å². The van der Waals surface area contributed by atoms with E-state index in [1.54, 1.807) is 0 Å². The van der Waals surface area contributed by atoms with Crippen molar-refractivity contribution in [1.82, 2.24) is 0 Å². The molecule has 0 saturated carbocycles. The second-order valence-corrected chi connectivity index (χ2v) is 0.455. The van der Waals surface area contributed by atoms with E-state index >= 15 is 0 Å². The summed E-state index contributed by atoms with van der Waals surface area (Å²) in [5.74, 6) is -0.333. The standard InChI is InChI=1S/CH5N3.ClH.H2O/c2-1(3)4;;/h(H5,2,3,4);1H;1H2. The maximum Gasteiger partial charge on any atom is 0.183 e. The van der Waals surface area contributed by atoms with E-state index in [0.29, 0.717) is 0 Å². The Hall–Kier alpha value is -0.480. The van der Waals surface area contributed by atoms with Gasteiger partial charge < -0.3 is 16.9 Å². The third-order valence-corrected chi connectivity index (χ3v) is 0. The van der Waals surface area contributed by atoms with Crippen LogP contribution < -0.4 is 11.5 Å². The highest BCUT2D eigenvalue weighted by atomic mass is 35.5. The molecular weight excluding hydrogens is 105 g/mol. The molecule has 6 heavy (non-hydrogen) atoms. The first-order valence-electron chi connectivity index (χ1n) is 0.827. The molecule has 4 nitrogen and oxygen atoms in total. The molecule has 0 saturated heterocycles. The Kier molecular flexibility index (Phi) is 26.1. The maximum atomic E-state index is 6.06. The number of hydrogen-bond acceptors (Lipinski definition) is 1. The van der Waals surface area contributed by atoms with Crippen LogP contribution in [-0.4, -0.2) is 11.4 Å². The van der Waals surface area contributed by atoms with Gasteiger partial charge in [-0.3, -0.25) is 5.41 Å². The van der Waals surface area contributed by atoms with Gasteiger partial charge in [-0.15, -0.1) is 12.4 Å². The van der Waals surface area contributed by atoms with Gasteiger partial charge >= 0.3 is 0 Å². The molecule has 0 aromatic carbocycles. The quantitative estimate of drug-likeness (QED) is 0.261. The Morgan fingerprint density at radius 3 is 1.33 bits per heavy atom. The summed E-state index contributed by atoms with van der Waals surface area (Å²) in [4.78, 5) is 0. The van der Waals surface area contributed by atoms with Gasteiger partial charge in [0.05, 0.1) is 0 Å². The first kappa shape index (κ1) is 17.8. The van der Waals surface area contributed by atoms with Crippen molar-refractivity contribution in [2.45, 2.75) is 0 Å². The molecule has 40 valence electrons. The highest BCUT2D eigenvalue weighted by molar-refractivity contribution is 5.85. The lowest BCUT2D eigenvalue weighted by molar-refractivity contribution is 0.824. The summed E-state index contributed by atoms with van der Waals surface area (Å²) in [6.45, 7) is 0. The lowest BCUT2D eigenvalue weighted by atomic mass is 11.1. The van der Waals surface area contributed by atoms with Gasteiger partial charge in [0.1, 0.15) is 0 Å². The van der Waals surface area contributed by atoms with Gasteiger partial charge in [0, 0.05) is 0 Å². The van der Waals surface area contributed by atoms with Crippen molar-refractivity contribution in [3.63, 3.8) is 0 Å². The van der Waals surface area contributed by atoms with Crippen LogP contribution in [0.1, 0.15) is 0 Å². The normalized spacial score (nSPS) is 4.00. The van der Waals surface area contributed by atoms with E-state index in [2.05, 4.69) is 11.5 Å². The van der Waals surface area contributed by atoms with Crippen molar-refractivity contribution < 1.29 is 5.48 Å². The molecular formula is CH8ClN3O. The van der Waals surface area contributed by atoms with Crippen molar-refractivity contribution in [2.75, 3.05) is 0 Å². The highest BCUT2D eigenvalue weighted by Crippen LogP contribution is 1.13. The Morgan fingerprint density at radius 2 is 1.33 bits per heavy atom. The summed E-state index contributed by atoms with van der Waals surface area (Å²) in [6.07, 6.45) is 0. The molecule has 0 aliphatic heterocycles. The average molecular weight is 114 g/mol. The number of guanidine groups is 1. The molecule has 0 rings (SSSR count). The minimum Gasteiger partial charge on any atom is -0.412 e. The number of rotatable bonds is 0. The number of hydrogen-bond donors (Lipinski definition) is 3. The minimum atomic E-state index is -0.333. The fourth-order valence-electron chi connectivity index (χ4n) is 0. The van der Waals surface area contributed by atoms with Crippen LogP contribution in [0.4, 0.5) is 0 Å². The van der Waals surface area contributed by atoms with Gasteiger partial charge in [0.25, 0.3) is 0 Å². The Morgan fingerprint density at radius 1 is 1.33 bits per heavy atom. The Balaban J connectivity index is -0.0000000450. The second-order valence-electron chi connectivity index (χ2n) is 0.455. The monoisotopic (exact) mass is 113 g/mol. The summed E-state index contributed by atoms with van der Waals surface area (Å²) in [6, 6.07) is 0. The topological polar surface area (TPSA) is 107 Å². The average Bonchev–Trinajstić information content (AvgIpc) is 0.811. The maximum absolute atomic E-state index is 6.06. The zero-order chi connectivity index (χ0) is 3.58.